The molecule has 0 saturated heterocycles. The second-order valence-electron chi connectivity index (χ2n) is 7.72. The predicted octanol–water partition coefficient (Wildman–Crippen LogP) is 1.08. The van der Waals surface area contributed by atoms with E-state index in [9.17, 15) is 24.4 Å². The smallest absolute Gasteiger partial charge is 0.489 e. The van der Waals surface area contributed by atoms with E-state index in [1.54, 1.807) is 45.9 Å². The highest BCUT2D eigenvalue weighted by Gasteiger charge is 2.31. The number of hydrogen-bond acceptors (Lipinski definition) is 6. The highest BCUT2D eigenvalue weighted by Crippen LogP contribution is 2.22. The lowest BCUT2D eigenvalue weighted by atomic mass is 9.76. The van der Waals surface area contributed by atoms with E-state index in [-0.39, 0.29) is 16.6 Å². The van der Waals surface area contributed by atoms with Crippen molar-refractivity contribution in [2.45, 2.75) is 33.2 Å². The molecule has 2 aromatic rings. The average molecular weight is 412 g/mol. The summed E-state index contributed by atoms with van der Waals surface area (Å²) in [6, 6.07) is 8.96. The summed E-state index contributed by atoms with van der Waals surface area (Å²) in [4.78, 5) is 37.2. The van der Waals surface area contributed by atoms with Crippen molar-refractivity contribution in [1.82, 2.24) is 10.4 Å². The fraction of sp³-hybridized carbons (Fsp3) is 0.286. The molecule has 0 saturated carbocycles. The normalized spacial score (nSPS) is 10.9. The molecule has 0 unspecified atom stereocenters. The highest BCUT2D eigenvalue weighted by molar-refractivity contribution is 6.60. The van der Waals surface area contributed by atoms with Crippen molar-refractivity contribution < 1.29 is 29.2 Å². The number of rotatable bonds is 5. The molecule has 2 amide bonds. The molecule has 0 atom stereocenters. The Labute approximate surface area is 175 Å². The summed E-state index contributed by atoms with van der Waals surface area (Å²) in [6.07, 6.45) is 0.470. The Hall–Kier alpha value is -3.17. The number of carbonyl (C=O) groups is 3. The number of methoxy groups -OCH3 is 1. The molecule has 0 aliphatic rings. The Morgan fingerprint density at radius 3 is 2.37 bits per heavy atom. The Morgan fingerprint density at radius 2 is 1.83 bits per heavy atom. The Kier molecular flexibility index (Phi) is 7.02. The molecule has 158 valence electrons. The number of aldehydes is 1. The summed E-state index contributed by atoms with van der Waals surface area (Å²) in [7, 11) is -0.416. The summed E-state index contributed by atoms with van der Waals surface area (Å²) in [6.45, 7) is 6.96. The second kappa shape index (κ2) is 9.10. The van der Waals surface area contributed by atoms with Gasteiger partial charge >= 0.3 is 7.12 Å². The van der Waals surface area contributed by atoms with Crippen LogP contribution in [0.2, 0.25) is 0 Å². The molecule has 0 aliphatic carbocycles. The van der Waals surface area contributed by atoms with Gasteiger partial charge in [-0.2, -0.15) is 0 Å². The minimum Gasteiger partial charge on any atom is -0.496 e. The van der Waals surface area contributed by atoms with Crippen LogP contribution in [0.3, 0.4) is 0 Å². The predicted molar refractivity (Wildman–Crippen MR) is 113 cm³/mol. The third-order valence-electron chi connectivity index (χ3n) is 4.57. The fourth-order valence-electron chi connectivity index (χ4n) is 2.93. The van der Waals surface area contributed by atoms with Crippen molar-refractivity contribution in [1.29, 1.82) is 0 Å². The quantitative estimate of drug-likeness (QED) is 0.385. The van der Waals surface area contributed by atoms with Crippen molar-refractivity contribution >= 4 is 30.7 Å². The van der Waals surface area contributed by atoms with Crippen LogP contribution in [0, 0.1) is 6.92 Å². The van der Waals surface area contributed by atoms with E-state index in [1.807, 2.05) is 0 Å². The number of ether oxygens (including phenoxy) is 1. The van der Waals surface area contributed by atoms with Gasteiger partial charge < -0.3 is 14.8 Å². The van der Waals surface area contributed by atoms with Gasteiger partial charge in [0.15, 0.2) is 0 Å². The van der Waals surface area contributed by atoms with Crippen LogP contribution in [0.15, 0.2) is 36.4 Å². The van der Waals surface area contributed by atoms with Gasteiger partial charge in [0.05, 0.1) is 12.6 Å². The molecule has 0 bridgehead atoms. The molecule has 2 aromatic carbocycles. The van der Waals surface area contributed by atoms with E-state index in [4.69, 9.17) is 4.74 Å². The molecule has 0 spiro atoms. The van der Waals surface area contributed by atoms with Gasteiger partial charge in [0.2, 0.25) is 0 Å². The maximum Gasteiger partial charge on any atom is 0.489 e. The monoisotopic (exact) mass is 412 g/mol. The first-order valence-electron chi connectivity index (χ1n) is 9.25. The summed E-state index contributed by atoms with van der Waals surface area (Å²) < 4.78 is 5.25. The zero-order valence-corrected chi connectivity index (χ0v) is 17.6. The second-order valence-corrected chi connectivity index (χ2v) is 7.72. The Morgan fingerprint density at radius 1 is 1.17 bits per heavy atom. The van der Waals surface area contributed by atoms with Crippen LogP contribution in [-0.4, -0.2) is 52.9 Å². The number of carbonyl (C=O) groups excluding carboxylic acids is 3. The Bertz CT molecular complexity index is 968. The molecular formula is C21H25BN2O6. The van der Waals surface area contributed by atoms with Gasteiger partial charge in [-0.25, -0.2) is 5.01 Å². The minimum atomic E-state index is -1.92. The van der Waals surface area contributed by atoms with E-state index in [2.05, 4.69) is 5.43 Å². The first-order valence-corrected chi connectivity index (χ1v) is 9.25. The number of hydrogen-bond donors (Lipinski definition) is 3. The largest absolute Gasteiger partial charge is 0.496 e. The van der Waals surface area contributed by atoms with Crippen LogP contribution < -0.4 is 15.6 Å². The Balaban J connectivity index is 2.42. The topological polar surface area (TPSA) is 116 Å². The zero-order valence-electron chi connectivity index (χ0n) is 17.6. The first kappa shape index (κ1) is 23.1. The van der Waals surface area contributed by atoms with E-state index in [1.165, 1.54) is 25.3 Å². The lowest BCUT2D eigenvalue weighted by Crippen LogP contribution is -2.56. The van der Waals surface area contributed by atoms with Crippen molar-refractivity contribution in [3.05, 3.63) is 58.7 Å². The third kappa shape index (κ3) is 4.87. The minimum absolute atomic E-state index is 0.0555. The highest BCUT2D eigenvalue weighted by atomic mass is 16.5. The molecule has 0 radical (unpaired) electrons. The van der Waals surface area contributed by atoms with Gasteiger partial charge in [0.25, 0.3) is 11.8 Å². The number of nitrogens with one attached hydrogen (secondary N) is 1. The summed E-state index contributed by atoms with van der Waals surface area (Å²) in [5.41, 5.74) is 2.84. The number of nitrogens with zero attached hydrogens (tertiary/aromatic N) is 1. The van der Waals surface area contributed by atoms with Crippen LogP contribution >= 0.6 is 0 Å². The fourth-order valence-corrected chi connectivity index (χ4v) is 2.93. The molecule has 0 aromatic heterocycles. The van der Waals surface area contributed by atoms with Gasteiger partial charge in [-0.05, 0) is 57.4 Å². The molecule has 9 heteroatoms. The lowest BCUT2D eigenvalue weighted by molar-refractivity contribution is 0.0358. The lowest BCUT2D eigenvalue weighted by Gasteiger charge is -2.35. The van der Waals surface area contributed by atoms with Crippen molar-refractivity contribution in [3.63, 3.8) is 0 Å². The van der Waals surface area contributed by atoms with E-state index < -0.39 is 24.5 Å². The van der Waals surface area contributed by atoms with Gasteiger partial charge in [0.1, 0.15) is 12.0 Å². The SMILES string of the molecule is COc1cccc(C(=O)NN(C(=O)c2ccc(C=O)c(B(O)O)c2)C(C)(C)C)c1C. The molecular weight excluding hydrogens is 387 g/mol. The average Bonchev–Trinajstić information content (AvgIpc) is 2.70. The molecule has 3 N–H and O–H groups in total. The van der Waals surface area contributed by atoms with Gasteiger partial charge in [-0.15, -0.1) is 0 Å². The van der Waals surface area contributed by atoms with E-state index >= 15 is 0 Å². The molecule has 0 aliphatic heterocycles. The maximum atomic E-state index is 13.2. The summed E-state index contributed by atoms with van der Waals surface area (Å²) >= 11 is 0. The van der Waals surface area contributed by atoms with Crippen LogP contribution in [0.5, 0.6) is 5.75 Å². The number of benzene rings is 2. The summed E-state index contributed by atoms with van der Waals surface area (Å²) in [5, 5.41) is 20.2. The molecule has 2 rings (SSSR count). The van der Waals surface area contributed by atoms with Crippen LogP contribution in [0.1, 0.15) is 57.4 Å². The van der Waals surface area contributed by atoms with Gasteiger partial charge in [-0.3, -0.25) is 19.8 Å². The standard InChI is InChI=1S/C21H25BN2O6/c1-13-16(7-6-8-18(13)30-5)19(26)23-24(21(2,3)4)20(27)14-9-10-15(12-25)17(11-14)22(28)29/h6-12,28-29H,1-5H3,(H,23,26). The number of hydrazine groups is 1. The molecule has 0 heterocycles. The van der Waals surface area contributed by atoms with Crippen LogP contribution in [-0.2, 0) is 0 Å². The molecule has 8 nitrogen and oxygen atoms in total. The third-order valence-corrected chi connectivity index (χ3v) is 4.57. The zero-order chi connectivity index (χ0) is 22.6. The van der Waals surface area contributed by atoms with Crippen LogP contribution in [0.25, 0.3) is 0 Å². The van der Waals surface area contributed by atoms with E-state index in [0.717, 1.165) is 5.01 Å². The molecule has 30 heavy (non-hydrogen) atoms. The first-order chi connectivity index (χ1) is 14.0. The van der Waals surface area contributed by atoms with Crippen LogP contribution in [0.4, 0.5) is 0 Å². The van der Waals surface area contributed by atoms with Crippen molar-refractivity contribution in [2.24, 2.45) is 0 Å². The summed E-state index contributed by atoms with van der Waals surface area (Å²) in [5.74, 6) is -0.528. The number of amides is 2. The van der Waals surface area contributed by atoms with Crippen molar-refractivity contribution in [2.75, 3.05) is 7.11 Å². The molecule has 0 fully saturated rings. The van der Waals surface area contributed by atoms with Gasteiger partial charge in [0, 0.05) is 22.3 Å². The van der Waals surface area contributed by atoms with Gasteiger partial charge in [-0.1, -0.05) is 12.1 Å². The van der Waals surface area contributed by atoms with E-state index in [0.29, 0.717) is 23.2 Å². The maximum absolute atomic E-state index is 13.2. The van der Waals surface area contributed by atoms with Crippen molar-refractivity contribution in [3.8, 4) is 5.75 Å².